The maximum absolute atomic E-state index is 12.3. The number of amides is 1. The van der Waals surface area contributed by atoms with E-state index in [1.54, 1.807) is 0 Å². The minimum absolute atomic E-state index is 0.0347. The molecule has 2 aromatic heterocycles. The number of hydrogen-bond donors (Lipinski definition) is 2. The first kappa shape index (κ1) is 15.4. The van der Waals surface area contributed by atoms with Crippen LogP contribution in [-0.2, 0) is 24.7 Å². The van der Waals surface area contributed by atoms with Gasteiger partial charge in [-0.15, -0.1) is 0 Å². The van der Waals surface area contributed by atoms with E-state index in [9.17, 15) is 4.79 Å². The summed E-state index contributed by atoms with van der Waals surface area (Å²) in [5, 5.41) is 4.13. The van der Waals surface area contributed by atoms with Gasteiger partial charge in [-0.2, -0.15) is 0 Å². The molecule has 5 nitrogen and oxygen atoms in total. The summed E-state index contributed by atoms with van der Waals surface area (Å²) in [5.74, 6) is 0.930. The summed E-state index contributed by atoms with van der Waals surface area (Å²) < 4.78 is 2.06. The van der Waals surface area contributed by atoms with Crippen molar-refractivity contribution in [1.29, 1.82) is 0 Å². The third-order valence-corrected chi connectivity index (χ3v) is 4.45. The van der Waals surface area contributed by atoms with E-state index in [0.717, 1.165) is 33.3 Å². The van der Waals surface area contributed by atoms with Gasteiger partial charge in [0.1, 0.15) is 5.82 Å². The number of carbonyl (C=O) groups is 1. The Balaban J connectivity index is 1.37. The van der Waals surface area contributed by atoms with Crippen molar-refractivity contribution in [2.24, 2.45) is 7.05 Å². The lowest BCUT2D eigenvalue weighted by atomic mass is 10.1. The van der Waals surface area contributed by atoms with Crippen LogP contribution in [0.25, 0.3) is 21.9 Å². The van der Waals surface area contributed by atoms with Gasteiger partial charge >= 0.3 is 0 Å². The van der Waals surface area contributed by atoms with Crippen LogP contribution < -0.4 is 5.32 Å². The Morgan fingerprint density at radius 2 is 1.96 bits per heavy atom. The van der Waals surface area contributed by atoms with Crippen molar-refractivity contribution in [2.75, 3.05) is 6.54 Å². The van der Waals surface area contributed by atoms with Crippen LogP contribution in [-0.4, -0.2) is 27.0 Å². The number of aromatic nitrogens is 3. The summed E-state index contributed by atoms with van der Waals surface area (Å²) in [5.41, 5.74) is 4.19. The van der Waals surface area contributed by atoms with Crippen molar-refractivity contribution in [3.05, 3.63) is 66.1 Å². The highest BCUT2D eigenvalue weighted by Crippen LogP contribution is 2.20. The average molecular weight is 332 g/mol. The highest BCUT2D eigenvalue weighted by molar-refractivity contribution is 5.89. The van der Waals surface area contributed by atoms with Crippen molar-refractivity contribution in [3.8, 4) is 0 Å². The van der Waals surface area contributed by atoms with Crippen LogP contribution in [0.15, 0.2) is 54.7 Å². The largest absolute Gasteiger partial charge is 0.355 e. The number of fused-ring (bicyclic) bond motifs is 2. The molecule has 2 N–H and O–H groups in total. The van der Waals surface area contributed by atoms with Crippen molar-refractivity contribution in [1.82, 2.24) is 19.9 Å². The molecule has 2 aromatic carbocycles. The second kappa shape index (κ2) is 6.43. The molecule has 126 valence electrons. The SMILES string of the molecule is Cn1cc(CC(=O)NCCc2nc3ccccc3[nH]2)c2ccccc21. The summed E-state index contributed by atoms with van der Waals surface area (Å²) in [4.78, 5) is 20.1. The second-order valence-corrected chi connectivity index (χ2v) is 6.26. The van der Waals surface area contributed by atoms with Gasteiger partial charge in [-0.05, 0) is 23.8 Å². The van der Waals surface area contributed by atoms with E-state index in [4.69, 9.17) is 0 Å². The fourth-order valence-corrected chi connectivity index (χ4v) is 3.25. The number of aryl methyl sites for hydroxylation is 1. The van der Waals surface area contributed by atoms with E-state index >= 15 is 0 Å². The predicted molar refractivity (Wildman–Crippen MR) is 99.4 cm³/mol. The quantitative estimate of drug-likeness (QED) is 0.590. The molecule has 0 aliphatic rings. The molecular formula is C20H20N4O. The highest BCUT2D eigenvalue weighted by atomic mass is 16.1. The monoisotopic (exact) mass is 332 g/mol. The number of benzene rings is 2. The summed E-state index contributed by atoms with van der Waals surface area (Å²) in [6.45, 7) is 0.573. The third-order valence-electron chi connectivity index (χ3n) is 4.45. The van der Waals surface area contributed by atoms with Crippen LogP contribution in [0.2, 0.25) is 0 Å². The van der Waals surface area contributed by atoms with Crippen LogP contribution in [0.3, 0.4) is 0 Å². The molecule has 0 fully saturated rings. The Hall–Kier alpha value is -3.08. The summed E-state index contributed by atoms with van der Waals surface area (Å²) in [6, 6.07) is 16.1. The molecule has 0 bridgehead atoms. The molecule has 0 saturated carbocycles. The van der Waals surface area contributed by atoms with Crippen LogP contribution >= 0.6 is 0 Å². The van der Waals surface area contributed by atoms with Gasteiger partial charge < -0.3 is 14.9 Å². The molecule has 25 heavy (non-hydrogen) atoms. The molecule has 0 spiro atoms. The van der Waals surface area contributed by atoms with Gasteiger partial charge in [-0.1, -0.05) is 30.3 Å². The first-order valence-corrected chi connectivity index (χ1v) is 8.44. The number of para-hydroxylation sites is 3. The molecule has 0 radical (unpaired) electrons. The van der Waals surface area contributed by atoms with Crippen LogP contribution in [0.4, 0.5) is 0 Å². The number of rotatable bonds is 5. The second-order valence-electron chi connectivity index (χ2n) is 6.26. The van der Waals surface area contributed by atoms with Gasteiger partial charge in [0.2, 0.25) is 5.91 Å². The molecule has 0 atom stereocenters. The average Bonchev–Trinajstić information content (AvgIpc) is 3.16. The first-order chi connectivity index (χ1) is 12.2. The Morgan fingerprint density at radius 1 is 1.16 bits per heavy atom. The molecule has 1 amide bonds. The number of H-pyrrole nitrogens is 1. The number of nitrogens with zero attached hydrogens (tertiary/aromatic N) is 2. The fraction of sp³-hybridized carbons (Fsp3) is 0.200. The summed E-state index contributed by atoms with van der Waals surface area (Å²) >= 11 is 0. The molecule has 0 saturated heterocycles. The third kappa shape index (κ3) is 3.13. The van der Waals surface area contributed by atoms with Gasteiger partial charge in [0.05, 0.1) is 17.5 Å². The molecule has 2 heterocycles. The van der Waals surface area contributed by atoms with Crippen LogP contribution in [0.5, 0.6) is 0 Å². The van der Waals surface area contributed by atoms with E-state index in [1.165, 1.54) is 0 Å². The fourth-order valence-electron chi connectivity index (χ4n) is 3.25. The Bertz CT molecular complexity index is 1010. The standard InChI is InChI=1S/C20H20N4O/c1-24-13-14(15-6-2-5-9-18(15)24)12-20(25)21-11-10-19-22-16-7-3-4-8-17(16)23-19/h2-9,13H,10-12H2,1H3,(H,21,25)(H,22,23). The lowest BCUT2D eigenvalue weighted by molar-refractivity contribution is -0.120. The zero-order valence-electron chi connectivity index (χ0n) is 14.1. The van der Waals surface area contributed by atoms with Crippen LogP contribution in [0, 0.1) is 0 Å². The van der Waals surface area contributed by atoms with Crippen molar-refractivity contribution >= 4 is 27.8 Å². The normalized spacial score (nSPS) is 11.2. The van der Waals surface area contributed by atoms with E-state index in [2.05, 4.69) is 32.0 Å². The number of imidazole rings is 1. The van der Waals surface area contributed by atoms with Gasteiger partial charge in [0.25, 0.3) is 0 Å². The zero-order valence-corrected chi connectivity index (χ0v) is 14.1. The molecule has 0 aliphatic carbocycles. The first-order valence-electron chi connectivity index (χ1n) is 8.44. The molecule has 4 rings (SSSR count). The lowest BCUT2D eigenvalue weighted by Crippen LogP contribution is -2.27. The van der Waals surface area contributed by atoms with Crippen molar-refractivity contribution in [2.45, 2.75) is 12.8 Å². The van der Waals surface area contributed by atoms with Gasteiger partial charge in [-0.3, -0.25) is 4.79 Å². The minimum atomic E-state index is 0.0347. The minimum Gasteiger partial charge on any atom is -0.355 e. The zero-order chi connectivity index (χ0) is 17.2. The van der Waals surface area contributed by atoms with Crippen molar-refractivity contribution in [3.63, 3.8) is 0 Å². The topological polar surface area (TPSA) is 62.7 Å². The van der Waals surface area contributed by atoms with Gasteiger partial charge in [0.15, 0.2) is 0 Å². The number of nitrogens with one attached hydrogen (secondary N) is 2. The Labute approximate surface area is 145 Å². The maximum Gasteiger partial charge on any atom is 0.224 e. The highest BCUT2D eigenvalue weighted by Gasteiger charge is 2.10. The van der Waals surface area contributed by atoms with E-state index < -0.39 is 0 Å². The molecule has 0 aliphatic heterocycles. The summed E-state index contributed by atoms with van der Waals surface area (Å²) in [6.07, 6.45) is 3.11. The van der Waals surface area contributed by atoms with Gasteiger partial charge in [0, 0.05) is 37.1 Å². The Morgan fingerprint density at radius 3 is 2.84 bits per heavy atom. The summed E-state index contributed by atoms with van der Waals surface area (Å²) in [7, 11) is 2.01. The van der Waals surface area contributed by atoms with Gasteiger partial charge in [-0.25, -0.2) is 4.98 Å². The van der Waals surface area contributed by atoms with E-state index in [-0.39, 0.29) is 5.91 Å². The maximum atomic E-state index is 12.3. The number of aromatic amines is 1. The van der Waals surface area contributed by atoms with E-state index in [0.29, 0.717) is 19.4 Å². The molecule has 5 heteroatoms. The van der Waals surface area contributed by atoms with Crippen molar-refractivity contribution < 1.29 is 4.79 Å². The van der Waals surface area contributed by atoms with Crippen LogP contribution in [0.1, 0.15) is 11.4 Å². The molecule has 0 unspecified atom stereocenters. The smallest absolute Gasteiger partial charge is 0.224 e. The Kier molecular flexibility index (Phi) is 3.98. The molecule has 4 aromatic rings. The molecular weight excluding hydrogens is 312 g/mol. The lowest BCUT2D eigenvalue weighted by Gasteiger charge is -2.03. The van der Waals surface area contributed by atoms with E-state index in [1.807, 2.05) is 49.6 Å². The number of carbonyl (C=O) groups excluding carboxylic acids is 1. The number of hydrogen-bond acceptors (Lipinski definition) is 2. The predicted octanol–water partition coefficient (Wildman–Crippen LogP) is 2.96.